The topological polar surface area (TPSA) is 21.3 Å². The van der Waals surface area contributed by atoms with Crippen molar-refractivity contribution < 1.29 is 13.5 Å². The minimum atomic E-state index is -0.511. The van der Waals surface area contributed by atoms with Crippen LogP contribution in [0.25, 0.3) is 0 Å². The molecule has 2 rings (SSSR count). The van der Waals surface area contributed by atoms with Gasteiger partial charge in [-0.3, -0.25) is 0 Å². The van der Waals surface area contributed by atoms with Gasteiger partial charge >= 0.3 is 0 Å². The lowest BCUT2D eigenvalue weighted by Crippen LogP contribution is -2.35. The highest BCUT2D eigenvalue weighted by Crippen LogP contribution is 2.19. The molecule has 0 saturated carbocycles. The Hall–Kier alpha value is -1.00. The van der Waals surface area contributed by atoms with Crippen molar-refractivity contribution in [2.75, 3.05) is 13.7 Å². The van der Waals surface area contributed by atoms with E-state index in [0.717, 1.165) is 13.0 Å². The molecule has 0 aliphatic carbocycles. The van der Waals surface area contributed by atoms with E-state index < -0.39 is 11.6 Å². The Balaban J connectivity index is 2.09. The van der Waals surface area contributed by atoms with Crippen LogP contribution < -0.4 is 5.32 Å². The predicted molar refractivity (Wildman–Crippen MR) is 66.4 cm³/mol. The Kier molecular flexibility index (Phi) is 4.66. The van der Waals surface area contributed by atoms with Crippen LogP contribution in [0.1, 0.15) is 30.4 Å². The number of benzene rings is 1. The van der Waals surface area contributed by atoms with E-state index in [4.69, 9.17) is 4.74 Å². The van der Waals surface area contributed by atoms with E-state index >= 15 is 0 Å². The zero-order chi connectivity index (χ0) is 13.0. The van der Waals surface area contributed by atoms with Crippen LogP contribution >= 0.6 is 0 Å². The molecule has 1 N–H and O–H groups in total. The maximum absolute atomic E-state index is 13.7. The van der Waals surface area contributed by atoms with Crippen LogP contribution in [-0.4, -0.2) is 19.7 Å². The first kappa shape index (κ1) is 13.4. The van der Waals surface area contributed by atoms with Crippen molar-refractivity contribution in [2.45, 2.75) is 38.3 Å². The molecule has 0 aromatic heterocycles. The smallest absolute Gasteiger partial charge is 0.131 e. The van der Waals surface area contributed by atoms with Gasteiger partial charge in [-0.1, -0.05) is 6.42 Å². The standard InChI is InChI=1S/C14H19F2NO/c1-18-9-12-13(15)7-10(8-14(12)16)6-11-4-2-3-5-17-11/h7-8,11,17H,2-6,9H2,1H3. The van der Waals surface area contributed by atoms with Crippen LogP contribution in [0.15, 0.2) is 12.1 Å². The normalized spacial score (nSPS) is 20.1. The van der Waals surface area contributed by atoms with Crippen LogP contribution in [0.2, 0.25) is 0 Å². The van der Waals surface area contributed by atoms with E-state index in [1.165, 1.54) is 32.1 Å². The second-order valence-corrected chi connectivity index (χ2v) is 4.82. The number of hydrogen-bond acceptors (Lipinski definition) is 2. The molecule has 2 nitrogen and oxygen atoms in total. The molecule has 1 atom stereocenters. The van der Waals surface area contributed by atoms with Gasteiger partial charge in [0.05, 0.1) is 6.61 Å². The van der Waals surface area contributed by atoms with Gasteiger partial charge in [0.1, 0.15) is 11.6 Å². The molecule has 0 bridgehead atoms. The van der Waals surface area contributed by atoms with E-state index in [1.54, 1.807) is 0 Å². The first-order chi connectivity index (χ1) is 8.70. The van der Waals surface area contributed by atoms with Crippen molar-refractivity contribution in [2.24, 2.45) is 0 Å². The summed E-state index contributed by atoms with van der Waals surface area (Å²) < 4.78 is 32.2. The van der Waals surface area contributed by atoms with Crippen molar-refractivity contribution in [3.8, 4) is 0 Å². The summed E-state index contributed by atoms with van der Waals surface area (Å²) in [4.78, 5) is 0. The number of halogens is 2. The summed E-state index contributed by atoms with van der Waals surface area (Å²) in [5, 5.41) is 3.38. The van der Waals surface area contributed by atoms with Crippen LogP contribution in [0.5, 0.6) is 0 Å². The summed E-state index contributed by atoms with van der Waals surface area (Å²) in [5.41, 5.74) is 0.724. The second-order valence-electron chi connectivity index (χ2n) is 4.82. The van der Waals surface area contributed by atoms with Gasteiger partial charge in [-0.25, -0.2) is 8.78 Å². The summed E-state index contributed by atoms with van der Waals surface area (Å²) in [7, 11) is 1.43. The molecule has 0 amide bonds. The van der Waals surface area contributed by atoms with Gasteiger partial charge in [-0.15, -0.1) is 0 Å². The minimum Gasteiger partial charge on any atom is -0.380 e. The summed E-state index contributed by atoms with van der Waals surface area (Å²) in [6, 6.07) is 3.19. The summed E-state index contributed by atoms with van der Waals surface area (Å²) in [6.45, 7) is 0.969. The summed E-state index contributed by atoms with van der Waals surface area (Å²) in [5.74, 6) is -1.02. The highest BCUT2D eigenvalue weighted by atomic mass is 19.1. The zero-order valence-corrected chi connectivity index (χ0v) is 10.6. The number of methoxy groups -OCH3 is 1. The van der Waals surface area contributed by atoms with E-state index in [0.29, 0.717) is 18.0 Å². The molecule has 1 fully saturated rings. The fourth-order valence-electron chi connectivity index (χ4n) is 2.44. The number of hydrogen-bond donors (Lipinski definition) is 1. The van der Waals surface area contributed by atoms with Crippen molar-refractivity contribution in [3.63, 3.8) is 0 Å². The van der Waals surface area contributed by atoms with E-state index in [9.17, 15) is 8.78 Å². The number of rotatable bonds is 4. The van der Waals surface area contributed by atoms with Gasteiger partial charge in [-0.05, 0) is 43.5 Å². The maximum Gasteiger partial charge on any atom is 0.131 e. The molecule has 0 spiro atoms. The monoisotopic (exact) mass is 255 g/mol. The Morgan fingerprint density at radius 2 is 2.00 bits per heavy atom. The summed E-state index contributed by atoms with van der Waals surface area (Å²) >= 11 is 0. The zero-order valence-electron chi connectivity index (χ0n) is 10.6. The molecule has 1 saturated heterocycles. The largest absolute Gasteiger partial charge is 0.380 e. The molecule has 1 aromatic rings. The van der Waals surface area contributed by atoms with Crippen LogP contribution in [-0.2, 0) is 17.8 Å². The quantitative estimate of drug-likeness (QED) is 0.893. The average molecular weight is 255 g/mol. The fraction of sp³-hybridized carbons (Fsp3) is 0.571. The molecule has 0 radical (unpaired) electrons. The molecule has 100 valence electrons. The minimum absolute atomic E-state index is 0.0119. The Morgan fingerprint density at radius 1 is 1.28 bits per heavy atom. The second kappa shape index (κ2) is 6.25. The van der Waals surface area contributed by atoms with Gasteiger partial charge < -0.3 is 10.1 Å². The van der Waals surface area contributed by atoms with Crippen molar-refractivity contribution in [3.05, 3.63) is 34.9 Å². The third-order valence-corrected chi connectivity index (χ3v) is 3.38. The molecule has 1 aliphatic heterocycles. The van der Waals surface area contributed by atoms with E-state index in [1.807, 2.05) is 0 Å². The van der Waals surface area contributed by atoms with Gasteiger partial charge in [0, 0.05) is 18.7 Å². The fourth-order valence-corrected chi connectivity index (χ4v) is 2.44. The first-order valence-corrected chi connectivity index (χ1v) is 6.40. The highest BCUT2D eigenvalue weighted by Gasteiger charge is 2.16. The van der Waals surface area contributed by atoms with Gasteiger partial charge in [-0.2, -0.15) is 0 Å². The first-order valence-electron chi connectivity index (χ1n) is 6.40. The average Bonchev–Trinajstić information content (AvgIpc) is 2.35. The number of ether oxygens (including phenoxy) is 1. The number of piperidine rings is 1. The molecule has 1 aliphatic rings. The van der Waals surface area contributed by atoms with Crippen molar-refractivity contribution >= 4 is 0 Å². The van der Waals surface area contributed by atoms with E-state index in [2.05, 4.69) is 5.32 Å². The molecule has 1 unspecified atom stereocenters. The number of nitrogens with one attached hydrogen (secondary N) is 1. The van der Waals surface area contributed by atoms with Crippen LogP contribution in [0, 0.1) is 11.6 Å². The van der Waals surface area contributed by atoms with Crippen LogP contribution in [0.3, 0.4) is 0 Å². The molecular formula is C14H19F2NO. The lowest BCUT2D eigenvalue weighted by molar-refractivity contribution is 0.177. The summed E-state index contributed by atoms with van der Waals surface area (Å²) in [6.07, 6.45) is 4.13. The predicted octanol–water partition coefficient (Wildman–Crippen LogP) is 2.80. The van der Waals surface area contributed by atoms with E-state index in [-0.39, 0.29) is 12.2 Å². The van der Waals surface area contributed by atoms with Crippen LogP contribution in [0.4, 0.5) is 8.78 Å². The van der Waals surface area contributed by atoms with Gasteiger partial charge in [0.2, 0.25) is 0 Å². The third-order valence-electron chi connectivity index (χ3n) is 3.38. The Bertz CT molecular complexity index is 380. The molecular weight excluding hydrogens is 236 g/mol. The van der Waals surface area contributed by atoms with Crippen molar-refractivity contribution in [1.82, 2.24) is 5.32 Å². The SMILES string of the molecule is COCc1c(F)cc(CC2CCCCN2)cc1F. The Morgan fingerprint density at radius 3 is 2.56 bits per heavy atom. The van der Waals surface area contributed by atoms with Gasteiger partial charge in [0.15, 0.2) is 0 Å². The lowest BCUT2D eigenvalue weighted by Gasteiger charge is -2.23. The lowest BCUT2D eigenvalue weighted by atomic mass is 9.97. The third kappa shape index (κ3) is 3.27. The molecule has 1 aromatic carbocycles. The van der Waals surface area contributed by atoms with Crippen molar-refractivity contribution in [1.29, 1.82) is 0 Å². The Labute approximate surface area is 106 Å². The maximum atomic E-state index is 13.7. The molecule has 18 heavy (non-hydrogen) atoms. The molecule has 4 heteroatoms. The highest BCUT2D eigenvalue weighted by molar-refractivity contribution is 5.26. The molecule has 1 heterocycles. The van der Waals surface area contributed by atoms with Gasteiger partial charge in [0.25, 0.3) is 0 Å².